The van der Waals surface area contributed by atoms with Crippen LogP contribution in [0.25, 0.3) is 0 Å². The molecule has 0 rings (SSSR count). The molecule has 0 saturated heterocycles. The van der Waals surface area contributed by atoms with E-state index in [1.807, 2.05) is 0 Å². The van der Waals surface area contributed by atoms with Crippen LogP contribution in [0, 0.1) is 0 Å². The van der Waals surface area contributed by atoms with Crippen LogP contribution in [0.4, 0.5) is 22.4 Å². The molecule has 0 radical (unpaired) electrons. The Kier molecular flexibility index (Phi) is 3.63. The zero-order valence-electron chi connectivity index (χ0n) is 5.15. The van der Waals surface area contributed by atoms with E-state index in [9.17, 15) is 22.4 Å². The molecule has 0 heterocycles. The maximum atomic E-state index is 11.7. The van der Waals surface area contributed by atoms with Crippen LogP contribution < -0.4 is 0 Å². The molecule has 0 amide bonds. The van der Waals surface area contributed by atoms with E-state index >= 15 is 0 Å². The molecule has 7 heteroatoms. The monoisotopic (exact) mass is 176 g/mol. The van der Waals surface area contributed by atoms with Crippen molar-refractivity contribution in [3.63, 3.8) is 0 Å². The first-order valence-corrected chi connectivity index (χ1v) is 2.37. The maximum absolute atomic E-state index is 11.7. The first kappa shape index (κ1) is 9.99. The predicted molar refractivity (Wildman–Crippen MR) is 24.5 cm³/mol. The van der Waals surface area contributed by atoms with Gasteiger partial charge < -0.3 is 9.47 Å². The van der Waals surface area contributed by atoms with Crippen molar-refractivity contribution in [2.24, 2.45) is 0 Å². The molecule has 0 atom stereocenters. The number of carbonyl (C=O) groups excluding carboxylic acids is 1. The van der Waals surface area contributed by atoms with Crippen LogP contribution in [-0.2, 0) is 9.47 Å². The molecule has 0 aromatic rings. The fourth-order valence-corrected chi connectivity index (χ4v) is 0.223. The van der Waals surface area contributed by atoms with Crippen molar-refractivity contribution < 1.29 is 31.8 Å². The van der Waals surface area contributed by atoms with Crippen LogP contribution >= 0.6 is 0 Å². The van der Waals surface area contributed by atoms with Gasteiger partial charge in [-0.25, -0.2) is 13.6 Å². The molecule has 0 bridgehead atoms. The van der Waals surface area contributed by atoms with Crippen LogP contribution in [-0.4, -0.2) is 25.8 Å². The molecule has 0 fully saturated rings. The van der Waals surface area contributed by atoms with Gasteiger partial charge in [0, 0.05) is 0 Å². The minimum atomic E-state index is -4.24. The van der Waals surface area contributed by atoms with Gasteiger partial charge in [0.05, 0.1) is 0 Å². The van der Waals surface area contributed by atoms with Crippen molar-refractivity contribution >= 4 is 6.16 Å². The Bertz CT molecular complexity index is 137. The van der Waals surface area contributed by atoms with Crippen LogP contribution in [0.15, 0.2) is 0 Å². The number of alkyl halides is 4. The van der Waals surface area contributed by atoms with Crippen molar-refractivity contribution in [3.8, 4) is 0 Å². The average molecular weight is 176 g/mol. The van der Waals surface area contributed by atoms with Crippen LogP contribution in [0.5, 0.6) is 0 Å². The molecule has 3 nitrogen and oxygen atoms in total. The molecular formula is C4H4F4O3. The minimum Gasteiger partial charge on any atom is -0.402 e. The largest absolute Gasteiger partial charge is 0.515 e. The zero-order chi connectivity index (χ0) is 8.91. The molecule has 0 aliphatic heterocycles. The molecule has 0 aliphatic rings. The van der Waals surface area contributed by atoms with Gasteiger partial charge in [-0.1, -0.05) is 0 Å². The van der Waals surface area contributed by atoms with Gasteiger partial charge in [0.2, 0.25) is 6.86 Å². The van der Waals surface area contributed by atoms with E-state index < -0.39 is 25.8 Å². The Labute approximate surface area is 58.9 Å². The van der Waals surface area contributed by atoms with Gasteiger partial charge in [0.25, 0.3) is 0 Å². The summed E-state index contributed by atoms with van der Waals surface area (Å²) in [5, 5.41) is 0. The van der Waals surface area contributed by atoms with Gasteiger partial charge in [-0.2, -0.15) is 8.78 Å². The van der Waals surface area contributed by atoms with Crippen LogP contribution in [0.2, 0.25) is 0 Å². The Morgan fingerprint density at radius 2 is 1.91 bits per heavy atom. The fraction of sp³-hybridized carbons (Fsp3) is 0.750. The lowest BCUT2D eigenvalue weighted by atomic mass is 10.7. The highest BCUT2D eigenvalue weighted by molar-refractivity contribution is 5.60. The summed E-state index contributed by atoms with van der Waals surface area (Å²) in [7, 11) is 0. The fourth-order valence-electron chi connectivity index (χ4n) is 0.223. The highest BCUT2D eigenvalue weighted by Gasteiger charge is 2.34. The van der Waals surface area contributed by atoms with Gasteiger partial charge in [0.15, 0.2) is 6.67 Å². The summed E-state index contributed by atoms with van der Waals surface area (Å²) in [5.74, 6) is 0. The van der Waals surface area contributed by atoms with E-state index in [1.165, 1.54) is 0 Å². The molecule has 0 aromatic carbocycles. The van der Waals surface area contributed by atoms with E-state index in [-0.39, 0.29) is 0 Å². The first-order chi connectivity index (χ1) is 5.02. The van der Waals surface area contributed by atoms with Gasteiger partial charge in [0.1, 0.15) is 0 Å². The van der Waals surface area contributed by atoms with Crippen molar-refractivity contribution in [1.29, 1.82) is 0 Å². The smallest absolute Gasteiger partial charge is 0.402 e. The second-order valence-electron chi connectivity index (χ2n) is 1.38. The summed E-state index contributed by atoms with van der Waals surface area (Å²) in [5.41, 5.74) is 0. The quantitative estimate of drug-likeness (QED) is 0.484. The van der Waals surface area contributed by atoms with E-state index in [4.69, 9.17) is 0 Å². The van der Waals surface area contributed by atoms with Crippen molar-refractivity contribution in [1.82, 2.24) is 0 Å². The number of halogens is 4. The Morgan fingerprint density at radius 1 is 1.36 bits per heavy atom. The Balaban J connectivity index is 3.74. The van der Waals surface area contributed by atoms with Gasteiger partial charge in [-0.05, 0) is 0 Å². The van der Waals surface area contributed by atoms with E-state index in [1.54, 1.807) is 0 Å². The Hall–Kier alpha value is -1.01. The zero-order valence-corrected chi connectivity index (χ0v) is 5.15. The molecular weight excluding hydrogens is 172 g/mol. The third-order valence-corrected chi connectivity index (χ3v) is 0.561. The van der Waals surface area contributed by atoms with Crippen molar-refractivity contribution in [2.45, 2.75) is 6.11 Å². The maximum Gasteiger partial charge on any atom is 0.515 e. The lowest BCUT2D eigenvalue weighted by Crippen LogP contribution is -2.27. The lowest BCUT2D eigenvalue weighted by Gasteiger charge is -2.10. The third kappa shape index (κ3) is 4.40. The van der Waals surface area contributed by atoms with Gasteiger partial charge in [-0.15, -0.1) is 0 Å². The van der Waals surface area contributed by atoms with E-state index in [0.717, 1.165) is 0 Å². The summed E-state index contributed by atoms with van der Waals surface area (Å²) in [4.78, 5) is 9.89. The first-order valence-electron chi connectivity index (χ1n) is 2.37. The van der Waals surface area contributed by atoms with E-state index in [0.29, 0.717) is 0 Å². The predicted octanol–water partition coefficient (Wildman–Crippen LogP) is 1.63. The summed E-state index contributed by atoms with van der Waals surface area (Å²) in [6, 6.07) is 0. The van der Waals surface area contributed by atoms with Crippen LogP contribution in [0.1, 0.15) is 0 Å². The molecule has 11 heavy (non-hydrogen) atoms. The molecule has 0 saturated carbocycles. The van der Waals surface area contributed by atoms with E-state index in [2.05, 4.69) is 9.47 Å². The number of hydrogen-bond donors (Lipinski definition) is 0. The molecule has 0 aromatic heterocycles. The minimum absolute atomic E-state index is 1.60. The van der Waals surface area contributed by atoms with Gasteiger partial charge >= 0.3 is 12.3 Å². The summed E-state index contributed by atoms with van der Waals surface area (Å²) >= 11 is 0. The Morgan fingerprint density at radius 3 is 2.27 bits per heavy atom. The molecule has 0 N–H and O–H groups in total. The SMILES string of the molecule is O=C(OCF)OC(F)(F)CF. The number of hydrogen-bond acceptors (Lipinski definition) is 3. The molecule has 66 valence electrons. The van der Waals surface area contributed by atoms with Gasteiger partial charge in [-0.3, -0.25) is 0 Å². The highest BCUT2D eigenvalue weighted by atomic mass is 19.3. The molecule has 0 aliphatic carbocycles. The summed E-state index contributed by atoms with van der Waals surface area (Å²) < 4.78 is 52.0. The third-order valence-electron chi connectivity index (χ3n) is 0.561. The second kappa shape index (κ2) is 3.99. The second-order valence-corrected chi connectivity index (χ2v) is 1.38. The summed E-state index contributed by atoms with van der Waals surface area (Å²) in [6.07, 6.45) is -6.19. The topological polar surface area (TPSA) is 35.5 Å². The summed E-state index contributed by atoms with van der Waals surface area (Å²) in [6.45, 7) is -3.77. The number of rotatable bonds is 3. The average Bonchev–Trinajstić information content (AvgIpc) is 1.87. The number of ether oxygens (including phenoxy) is 2. The molecule has 0 spiro atoms. The highest BCUT2D eigenvalue weighted by Crippen LogP contribution is 2.16. The van der Waals surface area contributed by atoms with Crippen molar-refractivity contribution in [3.05, 3.63) is 0 Å². The lowest BCUT2D eigenvalue weighted by molar-refractivity contribution is -0.221. The van der Waals surface area contributed by atoms with Crippen LogP contribution in [0.3, 0.4) is 0 Å². The normalized spacial score (nSPS) is 10.9. The number of carbonyl (C=O) groups is 1. The van der Waals surface area contributed by atoms with Crippen molar-refractivity contribution in [2.75, 3.05) is 13.5 Å². The molecule has 0 unspecified atom stereocenters. The standard InChI is InChI=1S/C4H4F4O3/c5-1-4(7,8)11-3(9)10-2-6/h1-2H2.